The Morgan fingerprint density at radius 2 is 1.66 bits per heavy atom. The second-order valence-electron chi connectivity index (χ2n) is 9.47. The van der Waals surface area contributed by atoms with Gasteiger partial charge in [-0.2, -0.15) is 0 Å². The van der Waals surface area contributed by atoms with Gasteiger partial charge in [0.25, 0.3) is 0 Å². The van der Waals surface area contributed by atoms with E-state index in [-0.39, 0.29) is 13.4 Å². The topological polar surface area (TPSA) is 69.8 Å². The van der Waals surface area contributed by atoms with Gasteiger partial charge < -0.3 is 23.9 Å². The molecule has 1 aliphatic rings. The van der Waals surface area contributed by atoms with Gasteiger partial charge in [0.1, 0.15) is 18.1 Å². The number of aromatic amines is 1. The first-order chi connectivity index (χ1) is 19.9. The van der Waals surface area contributed by atoms with E-state index in [0.29, 0.717) is 62.2 Å². The summed E-state index contributed by atoms with van der Waals surface area (Å²) in [6.07, 6.45) is 0.373. The normalized spacial score (nSPS) is 12.1. The van der Waals surface area contributed by atoms with Crippen LogP contribution < -0.4 is 14.2 Å². The number of carbonyl (C=O) groups excluding carboxylic acids is 1. The molecule has 5 aromatic rings. The summed E-state index contributed by atoms with van der Waals surface area (Å²) >= 11 is 19.6. The molecule has 2 heterocycles. The van der Waals surface area contributed by atoms with Crippen molar-refractivity contribution >= 4 is 51.7 Å². The van der Waals surface area contributed by atoms with Crippen molar-refractivity contribution < 1.29 is 23.7 Å². The van der Waals surface area contributed by atoms with Gasteiger partial charge >= 0.3 is 5.97 Å². The van der Waals surface area contributed by atoms with Crippen LogP contribution in [0.25, 0.3) is 22.0 Å². The number of carbonyl (C=O) groups is 1. The smallest absolute Gasteiger partial charge is 0.355 e. The molecule has 0 unspecified atom stereocenters. The average molecular weight is 609 g/mol. The molecule has 0 saturated carbocycles. The minimum Gasteiger partial charge on any atom is -0.489 e. The van der Waals surface area contributed by atoms with Crippen LogP contribution in [0.1, 0.15) is 34.1 Å². The number of H-pyrrole nitrogens is 1. The zero-order chi connectivity index (χ0) is 28.5. The minimum absolute atomic E-state index is 0.135. The largest absolute Gasteiger partial charge is 0.489 e. The van der Waals surface area contributed by atoms with E-state index in [1.54, 1.807) is 31.2 Å². The molecular weight excluding hydrogens is 585 g/mol. The summed E-state index contributed by atoms with van der Waals surface area (Å²) in [5, 5.41) is 2.17. The Morgan fingerprint density at radius 3 is 2.39 bits per heavy atom. The predicted octanol–water partition coefficient (Wildman–Crippen LogP) is 8.87. The molecule has 6 rings (SSSR count). The Morgan fingerprint density at radius 1 is 0.927 bits per heavy atom. The summed E-state index contributed by atoms with van der Waals surface area (Å²) in [6.45, 7) is 2.46. The van der Waals surface area contributed by atoms with Crippen molar-refractivity contribution in [2.75, 3.05) is 13.4 Å². The van der Waals surface area contributed by atoms with Crippen LogP contribution >= 0.6 is 34.8 Å². The molecule has 208 valence electrons. The van der Waals surface area contributed by atoms with Crippen molar-refractivity contribution in [3.05, 3.63) is 110 Å². The van der Waals surface area contributed by atoms with Crippen molar-refractivity contribution in [2.24, 2.45) is 0 Å². The zero-order valence-electron chi connectivity index (χ0n) is 21.9. The fraction of sp³-hybridized carbons (Fsp3) is 0.156. The van der Waals surface area contributed by atoms with Crippen molar-refractivity contribution in [2.45, 2.75) is 20.0 Å². The number of esters is 1. The van der Waals surface area contributed by atoms with E-state index in [4.69, 9.17) is 53.8 Å². The van der Waals surface area contributed by atoms with Crippen LogP contribution in [0.2, 0.25) is 15.1 Å². The first-order valence-electron chi connectivity index (χ1n) is 13.0. The highest BCUT2D eigenvalue weighted by Crippen LogP contribution is 2.44. The number of fused-ring (bicyclic) bond motifs is 2. The molecule has 41 heavy (non-hydrogen) atoms. The highest BCUT2D eigenvalue weighted by molar-refractivity contribution is 6.35. The third kappa shape index (κ3) is 5.55. The number of benzene rings is 4. The maximum absolute atomic E-state index is 13.2. The maximum atomic E-state index is 13.2. The van der Waals surface area contributed by atoms with Crippen molar-refractivity contribution in [1.82, 2.24) is 4.98 Å². The fourth-order valence-electron chi connectivity index (χ4n) is 5.02. The van der Waals surface area contributed by atoms with Crippen LogP contribution in [-0.2, 0) is 17.8 Å². The van der Waals surface area contributed by atoms with Gasteiger partial charge in [-0.1, -0.05) is 65.1 Å². The summed E-state index contributed by atoms with van der Waals surface area (Å²) in [7, 11) is 0. The molecule has 0 radical (unpaired) electrons. The van der Waals surface area contributed by atoms with Crippen LogP contribution in [0.3, 0.4) is 0 Å². The van der Waals surface area contributed by atoms with E-state index < -0.39 is 5.97 Å². The molecule has 0 spiro atoms. The number of rotatable bonds is 8. The average Bonchev–Trinajstić information content (AvgIpc) is 3.57. The number of hydrogen-bond acceptors (Lipinski definition) is 5. The van der Waals surface area contributed by atoms with Gasteiger partial charge in [-0.15, -0.1) is 0 Å². The van der Waals surface area contributed by atoms with Crippen molar-refractivity contribution in [3.8, 4) is 28.4 Å². The molecule has 9 heteroatoms. The van der Waals surface area contributed by atoms with Crippen molar-refractivity contribution in [3.63, 3.8) is 0 Å². The number of ether oxygens (including phenoxy) is 4. The first kappa shape index (κ1) is 27.3. The molecule has 0 amide bonds. The Hall–Kier alpha value is -3.84. The van der Waals surface area contributed by atoms with Crippen LogP contribution in [-0.4, -0.2) is 24.4 Å². The molecule has 4 aromatic carbocycles. The Balaban J connectivity index is 1.58. The van der Waals surface area contributed by atoms with Gasteiger partial charge in [-0.25, -0.2) is 4.79 Å². The van der Waals surface area contributed by atoms with Crippen molar-refractivity contribution in [1.29, 1.82) is 0 Å². The summed E-state index contributed by atoms with van der Waals surface area (Å²) in [5.41, 5.74) is 4.92. The molecule has 0 bridgehead atoms. The van der Waals surface area contributed by atoms with Gasteiger partial charge in [0, 0.05) is 49.6 Å². The van der Waals surface area contributed by atoms with Crippen LogP contribution in [0, 0.1) is 0 Å². The third-order valence-electron chi connectivity index (χ3n) is 6.81. The van der Waals surface area contributed by atoms with Crippen LogP contribution in [0.4, 0.5) is 0 Å². The van der Waals surface area contributed by atoms with Gasteiger partial charge in [-0.3, -0.25) is 0 Å². The highest BCUT2D eigenvalue weighted by Gasteiger charge is 2.26. The first-order valence-corrected chi connectivity index (χ1v) is 14.1. The Kier molecular flexibility index (Phi) is 7.71. The van der Waals surface area contributed by atoms with E-state index in [1.165, 1.54) is 0 Å². The molecule has 1 aromatic heterocycles. The van der Waals surface area contributed by atoms with E-state index in [0.717, 1.165) is 27.6 Å². The lowest BCUT2D eigenvalue weighted by atomic mass is 9.94. The van der Waals surface area contributed by atoms with Gasteiger partial charge in [-0.05, 0) is 60.0 Å². The number of halogens is 3. The second kappa shape index (κ2) is 11.6. The Labute approximate surface area is 251 Å². The molecule has 6 nitrogen and oxygen atoms in total. The lowest BCUT2D eigenvalue weighted by molar-refractivity contribution is 0.0521. The zero-order valence-corrected chi connectivity index (χ0v) is 24.2. The van der Waals surface area contributed by atoms with Gasteiger partial charge in [0.05, 0.1) is 6.61 Å². The molecular formula is C32H24Cl3NO5. The van der Waals surface area contributed by atoms with Crippen LogP contribution in [0.15, 0.2) is 72.8 Å². The Bertz CT molecular complexity index is 1750. The number of nitrogens with one attached hydrogen (secondary N) is 1. The molecule has 0 saturated heterocycles. The number of aromatic nitrogens is 1. The SMILES string of the molecule is CCOC(=O)c1[nH]c2ccc(OCc3ccccc3)c(Cc3cc4c(cc3Cl)OCO4)c2c1-c1cc(Cl)cc(Cl)c1. The standard InChI is InChI=1S/C32H24Cl3NO5/c1-2-38-32(37)31-29(20-10-21(33)14-22(34)11-20)30-23(12-19-13-27-28(15-24(19)35)41-17-40-27)26(9-8-25(30)36-31)39-16-18-6-4-3-5-7-18/h3-11,13-15,36H,2,12,16-17H2,1H3. The molecule has 0 aliphatic carbocycles. The summed E-state index contributed by atoms with van der Waals surface area (Å²) in [5.74, 6) is 1.36. The number of hydrogen-bond donors (Lipinski definition) is 1. The quantitative estimate of drug-likeness (QED) is 0.178. The summed E-state index contributed by atoms with van der Waals surface area (Å²) < 4.78 is 23.0. The maximum Gasteiger partial charge on any atom is 0.355 e. The van der Waals surface area contributed by atoms with E-state index in [1.807, 2.05) is 48.5 Å². The lowest BCUT2D eigenvalue weighted by Gasteiger charge is -2.16. The second-order valence-corrected chi connectivity index (χ2v) is 10.7. The summed E-state index contributed by atoms with van der Waals surface area (Å²) in [4.78, 5) is 16.5. The minimum atomic E-state index is -0.492. The molecule has 1 aliphatic heterocycles. The summed E-state index contributed by atoms with van der Waals surface area (Å²) in [6, 6.07) is 22.5. The lowest BCUT2D eigenvalue weighted by Crippen LogP contribution is -2.06. The highest BCUT2D eigenvalue weighted by atomic mass is 35.5. The fourth-order valence-corrected chi connectivity index (χ4v) is 5.76. The monoisotopic (exact) mass is 607 g/mol. The predicted molar refractivity (Wildman–Crippen MR) is 161 cm³/mol. The third-order valence-corrected chi connectivity index (χ3v) is 7.59. The molecule has 0 fully saturated rings. The van der Waals surface area contributed by atoms with Gasteiger partial charge in [0.2, 0.25) is 6.79 Å². The molecule has 1 N–H and O–H groups in total. The van der Waals surface area contributed by atoms with E-state index in [2.05, 4.69) is 4.98 Å². The van der Waals surface area contributed by atoms with E-state index >= 15 is 0 Å². The van der Waals surface area contributed by atoms with Gasteiger partial charge in [0.15, 0.2) is 11.5 Å². The van der Waals surface area contributed by atoms with E-state index in [9.17, 15) is 4.79 Å². The molecule has 0 atom stereocenters. The van der Waals surface area contributed by atoms with Crippen LogP contribution in [0.5, 0.6) is 17.2 Å².